The topological polar surface area (TPSA) is 57.9 Å². The molecule has 0 spiro atoms. The van der Waals surface area contributed by atoms with Crippen LogP contribution in [-0.2, 0) is 9.84 Å². The van der Waals surface area contributed by atoms with Crippen LogP contribution >= 0.6 is 11.6 Å². The van der Waals surface area contributed by atoms with Crippen molar-refractivity contribution in [2.75, 3.05) is 12.1 Å². The smallest absolute Gasteiger partial charge is 0.151 e. The minimum Gasteiger partial charge on any atom is -0.229 e. The van der Waals surface area contributed by atoms with Gasteiger partial charge in [-0.25, -0.2) is 8.42 Å². The zero-order chi connectivity index (χ0) is 8.70. The average molecular weight is 194 g/mol. The maximum atomic E-state index is 10.9. The standard InChI is InChI=1S/C6H8ClNO2S/c1-11(9,10)5-2-6(5,3-7)4-8/h5H,2-3H2,1H3/t5-,6-/m0/s1. The first kappa shape index (κ1) is 8.82. The predicted octanol–water partition coefficient (Wildman–Crippen LogP) is 0.552. The molecule has 1 aliphatic carbocycles. The molecular weight excluding hydrogens is 186 g/mol. The molecule has 1 fully saturated rings. The molecule has 1 aliphatic rings. The minimum atomic E-state index is -3.07. The van der Waals surface area contributed by atoms with E-state index in [4.69, 9.17) is 16.9 Å². The molecule has 1 rings (SSSR count). The van der Waals surface area contributed by atoms with Gasteiger partial charge in [-0.15, -0.1) is 11.6 Å². The Labute approximate surface area is 70.9 Å². The molecule has 0 amide bonds. The van der Waals surface area contributed by atoms with Crippen LogP contribution in [0.3, 0.4) is 0 Å². The fourth-order valence-electron chi connectivity index (χ4n) is 1.12. The van der Waals surface area contributed by atoms with Gasteiger partial charge in [0.1, 0.15) is 0 Å². The van der Waals surface area contributed by atoms with Crippen molar-refractivity contribution >= 4 is 21.4 Å². The lowest BCUT2D eigenvalue weighted by atomic mass is 10.2. The molecule has 0 aromatic rings. The van der Waals surface area contributed by atoms with Crippen molar-refractivity contribution in [1.82, 2.24) is 0 Å². The fourth-order valence-corrected chi connectivity index (χ4v) is 3.12. The molecule has 0 heterocycles. The number of hydrogen-bond donors (Lipinski definition) is 0. The second-order valence-corrected chi connectivity index (χ2v) is 5.42. The van der Waals surface area contributed by atoms with Crippen molar-refractivity contribution in [2.24, 2.45) is 5.41 Å². The van der Waals surface area contributed by atoms with Crippen LogP contribution in [0.15, 0.2) is 0 Å². The molecule has 0 saturated heterocycles. The molecule has 0 unspecified atom stereocenters. The molecule has 0 bridgehead atoms. The Balaban J connectivity index is 2.84. The lowest BCUT2D eigenvalue weighted by Gasteiger charge is -1.99. The Hall–Kier alpha value is -0.270. The van der Waals surface area contributed by atoms with Crippen molar-refractivity contribution < 1.29 is 8.42 Å². The molecule has 62 valence electrons. The van der Waals surface area contributed by atoms with Crippen LogP contribution in [0.2, 0.25) is 0 Å². The number of nitriles is 1. The summed E-state index contributed by atoms with van der Waals surface area (Å²) in [6.07, 6.45) is 1.54. The van der Waals surface area contributed by atoms with Crippen LogP contribution in [0.5, 0.6) is 0 Å². The lowest BCUT2D eigenvalue weighted by molar-refractivity contribution is 0.595. The van der Waals surface area contributed by atoms with Gasteiger partial charge in [0.2, 0.25) is 0 Å². The van der Waals surface area contributed by atoms with Gasteiger partial charge in [0.25, 0.3) is 0 Å². The van der Waals surface area contributed by atoms with Gasteiger partial charge >= 0.3 is 0 Å². The molecule has 2 atom stereocenters. The summed E-state index contributed by atoms with van der Waals surface area (Å²) in [4.78, 5) is 0. The third-order valence-corrected chi connectivity index (χ3v) is 4.11. The van der Waals surface area contributed by atoms with E-state index in [0.717, 1.165) is 6.26 Å². The third kappa shape index (κ3) is 1.35. The number of sulfone groups is 1. The highest BCUT2D eigenvalue weighted by molar-refractivity contribution is 7.91. The first-order chi connectivity index (χ1) is 4.96. The normalized spacial score (nSPS) is 36.3. The number of alkyl halides is 1. The van der Waals surface area contributed by atoms with Crippen molar-refractivity contribution in [3.63, 3.8) is 0 Å². The highest BCUT2D eigenvalue weighted by Crippen LogP contribution is 2.50. The summed E-state index contributed by atoms with van der Waals surface area (Å²) < 4.78 is 21.8. The van der Waals surface area contributed by atoms with Crippen LogP contribution < -0.4 is 0 Å². The summed E-state index contributed by atoms with van der Waals surface area (Å²) in [6.45, 7) is 0. The monoisotopic (exact) mass is 193 g/mol. The Morgan fingerprint density at radius 1 is 1.82 bits per heavy atom. The summed E-state index contributed by atoms with van der Waals surface area (Å²) in [5.74, 6) is 0.112. The Morgan fingerprint density at radius 2 is 2.36 bits per heavy atom. The molecule has 5 heteroatoms. The van der Waals surface area contributed by atoms with Crippen LogP contribution in [0.25, 0.3) is 0 Å². The van der Waals surface area contributed by atoms with E-state index in [0.29, 0.717) is 6.42 Å². The number of halogens is 1. The number of rotatable bonds is 2. The lowest BCUT2D eigenvalue weighted by Crippen LogP contribution is -2.14. The summed E-state index contributed by atoms with van der Waals surface area (Å²) >= 11 is 5.47. The molecule has 1 saturated carbocycles. The third-order valence-electron chi connectivity index (χ3n) is 1.98. The predicted molar refractivity (Wildman–Crippen MR) is 42.0 cm³/mol. The van der Waals surface area contributed by atoms with E-state index < -0.39 is 20.5 Å². The molecule has 0 aromatic heterocycles. The molecule has 3 nitrogen and oxygen atoms in total. The summed E-state index contributed by atoms with van der Waals surface area (Å²) in [5.41, 5.74) is -0.783. The number of hydrogen-bond acceptors (Lipinski definition) is 3. The van der Waals surface area contributed by atoms with E-state index in [1.807, 2.05) is 6.07 Å². The second-order valence-electron chi connectivity index (χ2n) is 2.92. The van der Waals surface area contributed by atoms with Gasteiger partial charge < -0.3 is 0 Å². The maximum absolute atomic E-state index is 10.9. The molecule has 0 aliphatic heterocycles. The molecule has 0 aromatic carbocycles. The van der Waals surface area contributed by atoms with E-state index in [-0.39, 0.29) is 5.88 Å². The zero-order valence-electron chi connectivity index (χ0n) is 6.04. The van der Waals surface area contributed by atoms with Gasteiger partial charge in [-0.05, 0) is 6.42 Å². The Bertz CT molecular complexity index is 305. The van der Waals surface area contributed by atoms with Gasteiger partial charge in [0, 0.05) is 12.1 Å². The first-order valence-electron chi connectivity index (χ1n) is 3.12. The Kier molecular flexibility index (Phi) is 1.89. The summed E-state index contributed by atoms with van der Waals surface area (Å²) in [7, 11) is -3.07. The second kappa shape index (κ2) is 2.36. The van der Waals surface area contributed by atoms with E-state index in [2.05, 4.69) is 0 Å². The summed E-state index contributed by atoms with van der Waals surface area (Å²) in [6, 6.07) is 1.95. The minimum absolute atomic E-state index is 0.112. The quantitative estimate of drug-likeness (QED) is 0.602. The van der Waals surface area contributed by atoms with E-state index >= 15 is 0 Å². The van der Waals surface area contributed by atoms with Gasteiger partial charge in [0.15, 0.2) is 9.84 Å². The van der Waals surface area contributed by atoms with Gasteiger partial charge in [0.05, 0.1) is 16.7 Å². The van der Waals surface area contributed by atoms with Crippen molar-refractivity contribution in [1.29, 1.82) is 5.26 Å². The first-order valence-corrected chi connectivity index (χ1v) is 5.61. The van der Waals surface area contributed by atoms with E-state index in [1.165, 1.54) is 0 Å². The molecule has 11 heavy (non-hydrogen) atoms. The van der Waals surface area contributed by atoms with Crippen molar-refractivity contribution in [3.8, 4) is 6.07 Å². The highest BCUT2D eigenvalue weighted by atomic mass is 35.5. The van der Waals surface area contributed by atoms with Gasteiger partial charge in [-0.3, -0.25) is 0 Å². The van der Waals surface area contributed by atoms with E-state index in [1.54, 1.807) is 0 Å². The van der Waals surface area contributed by atoms with Crippen LogP contribution in [0.1, 0.15) is 6.42 Å². The largest absolute Gasteiger partial charge is 0.229 e. The highest BCUT2D eigenvalue weighted by Gasteiger charge is 2.60. The maximum Gasteiger partial charge on any atom is 0.151 e. The van der Waals surface area contributed by atoms with Crippen LogP contribution in [-0.4, -0.2) is 25.8 Å². The van der Waals surface area contributed by atoms with Gasteiger partial charge in [-0.1, -0.05) is 0 Å². The SMILES string of the molecule is CS(=O)(=O)[C@H]1C[C@@]1(C#N)CCl. The van der Waals surface area contributed by atoms with Crippen molar-refractivity contribution in [2.45, 2.75) is 11.7 Å². The van der Waals surface area contributed by atoms with Gasteiger partial charge in [-0.2, -0.15) is 5.26 Å². The molecule has 0 radical (unpaired) electrons. The summed E-state index contributed by atoms with van der Waals surface area (Å²) in [5, 5.41) is 8.06. The fraction of sp³-hybridized carbons (Fsp3) is 0.833. The molecular formula is C6H8ClNO2S. The Morgan fingerprint density at radius 3 is 2.45 bits per heavy atom. The molecule has 0 N–H and O–H groups in total. The van der Waals surface area contributed by atoms with Crippen LogP contribution in [0, 0.1) is 16.7 Å². The van der Waals surface area contributed by atoms with Crippen LogP contribution in [0.4, 0.5) is 0 Å². The van der Waals surface area contributed by atoms with Crippen molar-refractivity contribution in [3.05, 3.63) is 0 Å². The number of nitrogens with zero attached hydrogens (tertiary/aromatic N) is 1. The van der Waals surface area contributed by atoms with E-state index in [9.17, 15) is 8.42 Å². The average Bonchev–Trinajstić information content (AvgIpc) is 2.61. The zero-order valence-corrected chi connectivity index (χ0v) is 7.61.